The van der Waals surface area contributed by atoms with Crippen LogP contribution in [0.2, 0.25) is 0 Å². The van der Waals surface area contributed by atoms with E-state index < -0.39 is 11.7 Å². The minimum absolute atomic E-state index is 0.196. The van der Waals surface area contributed by atoms with Gasteiger partial charge in [-0.15, -0.1) is 0 Å². The number of nitrogens with one attached hydrogen (secondary N) is 1. The summed E-state index contributed by atoms with van der Waals surface area (Å²) < 4.78 is 10.4. The average Bonchev–Trinajstić information content (AvgIpc) is 2.65. The molecule has 6 nitrogen and oxygen atoms in total. The first-order valence-corrected chi connectivity index (χ1v) is 8.47. The van der Waals surface area contributed by atoms with Crippen LogP contribution >= 0.6 is 0 Å². The Bertz CT molecular complexity index is 774. The van der Waals surface area contributed by atoms with Crippen LogP contribution in [0.1, 0.15) is 29.7 Å². The van der Waals surface area contributed by atoms with Crippen LogP contribution in [-0.2, 0) is 22.6 Å². The summed E-state index contributed by atoms with van der Waals surface area (Å²) in [5, 5.41) is 2.64. The zero-order valence-electron chi connectivity index (χ0n) is 15.4. The van der Waals surface area contributed by atoms with Crippen LogP contribution in [0.4, 0.5) is 0 Å². The third-order valence-corrected chi connectivity index (χ3v) is 4.00. The summed E-state index contributed by atoms with van der Waals surface area (Å²) in [5.41, 5.74) is 2.84. The van der Waals surface area contributed by atoms with Crippen molar-refractivity contribution in [1.29, 1.82) is 0 Å². The molecule has 0 aliphatic carbocycles. The number of aromatic nitrogens is 1. The lowest BCUT2D eigenvalue weighted by Gasteiger charge is -2.11. The van der Waals surface area contributed by atoms with Crippen molar-refractivity contribution < 1.29 is 19.1 Å². The number of hydrogen-bond donors (Lipinski definition) is 1. The molecule has 6 heteroatoms. The maximum atomic E-state index is 12.0. The lowest BCUT2D eigenvalue weighted by atomic mass is 10.1. The van der Waals surface area contributed by atoms with Crippen molar-refractivity contribution in [3.63, 3.8) is 0 Å². The summed E-state index contributed by atoms with van der Waals surface area (Å²) in [7, 11) is 3.12. The minimum Gasteiger partial charge on any atom is -0.497 e. The first-order valence-electron chi connectivity index (χ1n) is 8.47. The highest BCUT2D eigenvalue weighted by Gasteiger charge is 2.14. The van der Waals surface area contributed by atoms with E-state index in [0.717, 1.165) is 16.8 Å². The van der Waals surface area contributed by atoms with Crippen molar-refractivity contribution in [2.75, 3.05) is 14.2 Å². The van der Waals surface area contributed by atoms with Crippen molar-refractivity contribution in [2.45, 2.75) is 32.7 Å². The molecule has 26 heavy (non-hydrogen) atoms. The molecule has 138 valence electrons. The van der Waals surface area contributed by atoms with Gasteiger partial charge in [-0.1, -0.05) is 0 Å². The molecule has 0 atom stereocenters. The van der Waals surface area contributed by atoms with Crippen LogP contribution in [0.25, 0.3) is 0 Å². The molecule has 0 spiro atoms. The molecule has 2 rings (SSSR count). The summed E-state index contributed by atoms with van der Waals surface area (Å²) in [6.07, 6.45) is 3.21. The molecule has 1 amide bonds. The lowest BCUT2D eigenvalue weighted by molar-refractivity contribution is -0.138. The van der Waals surface area contributed by atoms with Gasteiger partial charge in [0.05, 0.1) is 14.2 Å². The molecular weight excluding hydrogens is 332 g/mol. The van der Waals surface area contributed by atoms with Crippen LogP contribution in [-0.4, -0.2) is 30.9 Å². The van der Waals surface area contributed by atoms with Gasteiger partial charge in [-0.25, -0.2) is 0 Å². The molecule has 0 saturated carbocycles. The standard InChI is InChI=1S/C20H24N2O4/c1-14-9-10-21-16(11-14)5-4-6-18(23)20(24)22-13-15-7-8-17(25-2)12-19(15)26-3/h7-12H,4-6,13H2,1-3H3,(H,22,24). The third kappa shape index (κ3) is 5.58. The van der Waals surface area contributed by atoms with Gasteiger partial charge >= 0.3 is 0 Å². The number of carbonyl (C=O) groups excluding carboxylic acids is 2. The lowest BCUT2D eigenvalue weighted by Crippen LogP contribution is -2.30. The maximum absolute atomic E-state index is 12.0. The Balaban J connectivity index is 1.81. The predicted molar refractivity (Wildman–Crippen MR) is 98.3 cm³/mol. The number of ether oxygens (including phenoxy) is 2. The van der Waals surface area contributed by atoms with Gasteiger partial charge in [-0.3, -0.25) is 14.6 Å². The van der Waals surface area contributed by atoms with Gasteiger partial charge < -0.3 is 14.8 Å². The monoisotopic (exact) mass is 356 g/mol. The van der Waals surface area contributed by atoms with Gasteiger partial charge in [0.15, 0.2) is 0 Å². The Morgan fingerprint density at radius 3 is 2.62 bits per heavy atom. The van der Waals surface area contributed by atoms with Gasteiger partial charge in [0.1, 0.15) is 11.5 Å². The molecule has 0 aliphatic heterocycles. The smallest absolute Gasteiger partial charge is 0.287 e. The van der Waals surface area contributed by atoms with E-state index >= 15 is 0 Å². The van der Waals surface area contributed by atoms with Crippen molar-refractivity contribution in [3.05, 3.63) is 53.3 Å². The van der Waals surface area contributed by atoms with E-state index in [1.165, 1.54) is 0 Å². The number of rotatable bonds is 9. The van der Waals surface area contributed by atoms with Crippen molar-refractivity contribution in [1.82, 2.24) is 10.3 Å². The van der Waals surface area contributed by atoms with Crippen molar-refractivity contribution in [3.8, 4) is 11.5 Å². The number of methoxy groups -OCH3 is 2. The van der Waals surface area contributed by atoms with E-state index in [1.807, 2.05) is 19.1 Å². The molecule has 0 bridgehead atoms. The number of Topliss-reactive ketones (excluding diaryl/α,β-unsaturated/α-hetero) is 1. The topological polar surface area (TPSA) is 77.5 Å². The van der Waals surface area contributed by atoms with E-state index in [1.54, 1.807) is 38.6 Å². The second-order valence-electron chi connectivity index (χ2n) is 5.96. The van der Waals surface area contributed by atoms with Crippen LogP contribution < -0.4 is 14.8 Å². The fourth-order valence-electron chi connectivity index (χ4n) is 2.55. The molecule has 0 radical (unpaired) electrons. The van der Waals surface area contributed by atoms with E-state index in [9.17, 15) is 9.59 Å². The molecule has 1 aromatic carbocycles. The molecule has 1 N–H and O–H groups in total. The van der Waals surface area contributed by atoms with Crippen LogP contribution in [0, 0.1) is 6.92 Å². The van der Waals surface area contributed by atoms with E-state index in [-0.39, 0.29) is 13.0 Å². The molecular formula is C20H24N2O4. The summed E-state index contributed by atoms with van der Waals surface area (Å²) in [6.45, 7) is 2.22. The molecule has 0 unspecified atom stereocenters. The second-order valence-corrected chi connectivity index (χ2v) is 5.96. The highest BCUT2D eigenvalue weighted by molar-refractivity contribution is 6.36. The van der Waals surface area contributed by atoms with Gasteiger partial charge in [0, 0.05) is 36.5 Å². The Kier molecular flexibility index (Phi) is 7.14. The number of carbonyl (C=O) groups is 2. The highest BCUT2D eigenvalue weighted by Crippen LogP contribution is 2.24. The Labute approximate surface area is 153 Å². The predicted octanol–water partition coefficient (Wildman–Crippen LogP) is 2.62. The van der Waals surface area contributed by atoms with Crippen LogP contribution in [0.5, 0.6) is 11.5 Å². The second kappa shape index (κ2) is 9.56. The van der Waals surface area contributed by atoms with Gasteiger partial charge in [-0.2, -0.15) is 0 Å². The first-order chi connectivity index (χ1) is 12.5. The summed E-state index contributed by atoms with van der Waals surface area (Å²) in [5.74, 6) is 0.255. The number of pyridine rings is 1. The minimum atomic E-state index is -0.583. The van der Waals surface area contributed by atoms with Crippen LogP contribution in [0.3, 0.4) is 0 Å². The number of ketones is 1. The Morgan fingerprint density at radius 1 is 1.12 bits per heavy atom. The molecule has 1 heterocycles. The fourth-order valence-corrected chi connectivity index (χ4v) is 2.55. The number of amides is 1. The summed E-state index contributed by atoms with van der Waals surface area (Å²) in [4.78, 5) is 28.2. The van der Waals surface area contributed by atoms with Crippen LogP contribution in [0.15, 0.2) is 36.5 Å². The molecule has 0 saturated heterocycles. The normalized spacial score (nSPS) is 10.3. The third-order valence-electron chi connectivity index (χ3n) is 4.00. The van der Waals surface area contributed by atoms with Crippen molar-refractivity contribution >= 4 is 11.7 Å². The first kappa shape index (κ1) is 19.4. The van der Waals surface area contributed by atoms with Gasteiger partial charge in [0.25, 0.3) is 5.91 Å². The van der Waals surface area contributed by atoms with Crippen molar-refractivity contribution in [2.24, 2.45) is 0 Å². The Morgan fingerprint density at radius 2 is 1.92 bits per heavy atom. The SMILES string of the molecule is COc1ccc(CNC(=O)C(=O)CCCc2cc(C)ccn2)c(OC)c1. The van der Waals surface area contributed by atoms with E-state index in [2.05, 4.69) is 10.3 Å². The quantitative estimate of drug-likeness (QED) is 0.699. The van der Waals surface area contributed by atoms with E-state index in [0.29, 0.717) is 24.3 Å². The Hall–Kier alpha value is -2.89. The largest absolute Gasteiger partial charge is 0.497 e. The van der Waals surface area contributed by atoms with Gasteiger partial charge in [0.2, 0.25) is 5.78 Å². The molecule has 0 fully saturated rings. The number of benzene rings is 1. The average molecular weight is 356 g/mol. The van der Waals surface area contributed by atoms with E-state index in [4.69, 9.17) is 9.47 Å². The highest BCUT2D eigenvalue weighted by atomic mass is 16.5. The summed E-state index contributed by atoms with van der Waals surface area (Å²) >= 11 is 0. The summed E-state index contributed by atoms with van der Waals surface area (Å²) in [6, 6.07) is 9.22. The zero-order chi connectivity index (χ0) is 18.9. The molecule has 2 aromatic rings. The molecule has 0 aliphatic rings. The number of hydrogen-bond acceptors (Lipinski definition) is 5. The fraction of sp³-hybridized carbons (Fsp3) is 0.350. The van der Waals surface area contributed by atoms with Gasteiger partial charge in [-0.05, 0) is 49.6 Å². The molecule has 1 aromatic heterocycles. The maximum Gasteiger partial charge on any atom is 0.287 e. The zero-order valence-corrected chi connectivity index (χ0v) is 15.4. The number of nitrogens with zero attached hydrogens (tertiary/aromatic N) is 1. The number of aryl methyl sites for hydroxylation is 2.